The lowest BCUT2D eigenvalue weighted by atomic mass is 9.86. The van der Waals surface area contributed by atoms with Crippen LogP contribution < -0.4 is 0 Å². The monoisotopic (exact) mass is 207 g/mol. The van der Waals surface area contributed by atoms with Gasteiger partial charge in [0.2, 0.25) is 0 Å². The van der Waals surface area contributed by atoms with E-state index in [2.05, 4.69) is 11.8 Å². The van der Waals surface area contributed by atoms with Gasteiger partial charge < -0.3 is 0 Å². The van der Waals surface area contributed by atoms with Gasteiger partial charge in [-0.25, -0.2) is 0 Å². The smallest absolute Gasteiger partial charge is 0.135 e. The predicted molar refractivity (Wildman–Crippen MR) is 59.7 cm³/mol. The van der Waals surface area contributed by atoms with E-state index in [-0.39, 0.29) is 0 Å². The second-order valence-electron chi connectivity index (χ2n) is 5.80. The second kappa shape index (κ2) is 3.31. The van der Waals surface area contributed by atoms with E-state index in [1.807, 2.05) is 0 Å². The van der Waals surface area contributed by atoms with E-state index in [1.54, 1.807) is 0 Å². The highest BCUT2D eigenvalue weighted by molar-refractivity contribution is 5.79. The molecule has 0 spiro atoms. The predicted octanol–water partition coefficient (Wildman–Crippen LogP) is 2.23. The molecule has 0 aromatic carbocycles. The number of piperidine rings is 1. The Bertz CT molecular complexity index is 256. The average Bonchev–Trinajstić information content (AvgIpc) is 3.07. The number of rotatable bonds is 3. The van der Waals surface area contributed by atoms with Crippen LogP contribution in [0.2, 0.25) is 0 Å². The molecule has 0 aromatic rings. The summed E-state index contributed by atoms with van der Waals surface area (Å²) in [5, 5.41) is 0. The first-order valence-corrected chi connectivity index (χ1v) is 6.48. The van der Waals surface area contributed by atoms with Gasteiger partial charge in [0.1, 0.15) is 5.78 Å². The number of carbonyl (C=O) groups is 1. The van der Waals surface area contributed by atoms with Crippen molar-refractivity contribution in [1.29, 1.82) is 0 Å². The summed E-state index contributed by atoms with van der Waals surface area (Å²) in [7, 11) is 0. The maximum absolute atomic E-state index is 11.3. The highest BCUT2D eigenvalue weighted by Gasteiger charge is 2.54. The van der Waals surface area contributed by atoms with Crippen LogP contribution in [0.15, 0.2) is 0 Å². The van der Waals surface area contributed by atoms with Gasteiger partial charge in [-0.15, -0.1) is 0 Å². The number of likely N-dealkylation sites (tertiary alicyclic amines) is 1. The normalized spacial score (nSPS) is 29.5. The van der Waals surface area contributed by atoms with Crippen LogP contribution >= 0.6 is 0 Å². The summed E-state index contributed by atoms with van der Waals surface area (Å²) in [5.41, 5.74) is 0.459. The summed E-state index contributed by atoms with van der Waals surface area (Å²) >= 11 is 0. The molecule has 3 aliphatic rings. The molecule has 0 amide bonds. The summed E-state index contributed by atoms with van der Waals surface area (Å²) in [4.78, 5) is 13.9. The Morgan fingerprint density at radius 2 is 1.53 bits per heavy atom. The molecule has 1 heterocycles. The van der Waals surface area contributed by atoms with Gasteiger partial charge >= 0.3 is 0 Å². The largest absolute Gasteiger partial charge is 0.300 e. The number of ketones is 1. The van der Waals surface area contributed by atoms with Gasteiger partial charge in [-0.1, -0.05) is 0 Å². The molecule has 0 atom stereocenters. The Balaban J connectivity index is 1.74. The Morgan fingerprint density at radius 3 is 1.93 bits per heavy atom. The van der Waals surface area contributed by atoms with Gasteiger partial charge in [-0.05, 0) is 44.4 Å². The number of nitrogens with zero attached hydrogens (tertiary/aromatic N) is 1. The molecule has 2 heteroatoms. The third-order valence-electron chi connectivity index (χ3n) is 4.81. The highest BCUT2D eigenvalue weighted by atomic mass is 16.1. The summed E-state index contributed by atoms with van der Waals surface area (Å²) in [6, 6.07) is 0. The van der Waals surface area contributed by atoms with Gasteiger partial charge in [0.05, 0.1) is 0 Å². The number of hydrogen-bond donors (Lipinski definition) is 0. The molecule has 2 saturated carbocycles. The van der Waals surface area contributed by atoms with Gasteiger partial charge in [0.25, 0.3) is 0 Å². The molecule has 2 aliphatic carbocycles. The first-order valence-electron chi connectivity index (χ1n) is 6.48. The number of hydrogen-bond acceptors (Lipinski definition) is 2. The molecule has 2 nitrogen and oxygen atoms in total. The van der Waals surface area contributed by atoms with Crippen LogP contribution in [0.5, 0.6) is 0 Å². The minimum atomic E-state index is 0.459. The Labute approximate surface area is 92.0 Å². The first-order chi connectivity index (χ1) is 7.21. The molecule has 15 heavy (non-hydrogen) atoms. The van der Waals surface area contributed by atoms with E-state index in [0.717, 1.165) is 37.8 Å². The number of carbonyl (C=O) groups excluding carboxylic acids is 1. The van der Waals surface area contributed by atoms with Crippen LogP contribution in [0, 0.1) is 11.8 Å². The van der Waals surface area contributed by atoms with Gasteiger partial charge in [0, 0.05) is 31.5 Å². The molecule has 0 unspecified atom stereocenters. The molecule has 84 valence electrons. The van der Waals surface area contributed by atoms with Crippen molar-refractivity contribution in [3.8, 4) is 0 Å². The molecule has 0 bridgehead atoms. The van der Waals surface area contributed by atoms with Crippen molar-refractivity contribution in [1.82, 2.24) is 4.90 Å². The summed E-state index contributed by atoms with van der Waals surface area (Å²) in [6.07, 6.45) is 7.31. The number of Topliss-reactive ketones (excluding diaryl/α,β-unsaturated/α-hetero) is 1. The quantitative estimate of drug-likeness (QED) is 0.707. The second-order valence-corrected chi connectivity index (χ2v) is 5.80. The van der Waals surface area contributed by atoms with Crippen LogP contribution in [0.4, 0.5) is 0 Å². The maximum Gasteiger partial charge on any atom is 0.135 e. The lowest BCUT2D eigenvalue weighted by Gasteiger charge is -2.44. The standard InChI is InChI=1S/C13H21NO/c1-13(10-2-3-10,11-4-5-11)14-8-6-12(15)7-9-14/h10-11H,2-9H2,1H3. The van der Waals surface area contributed by atoms with Gasteiger partial charge in [-0.3, -0.25) is 9.69 Å². The molecule has 3 fully saturated rings. The van der Waals surface area contributed by atoms with E-state index in [0.29, 0.717) is 11.3 Å². The van der Waals surface area contributed by atoms with Gasteiger partial charge in [-0.2, -0.15) is 0 Å². The minimum Gasteiger partial charge on any atom is -0.300 e. The lowest BCUT2D eigenvalue weighted by Crippen LogP contribution is -2.53. The highest BCUT2D eigenvalue weighted by Crippen LogP contribution is 2.55. The fourth-order valence-electron chi connectivity index (χ4n) is 3.42. The lowest BCUT2D eigenvalue weighted by molar-refractivity contribution is -0.123. The Morgan fingerprint density at radius 1 is 1.07 bits per heavy atom. The summed E-state index contributed by atoms with van der Waals surface area (Å²) in [6.45, 7) is 4.53. The fraction of sp³-hybridized carbons (Fsp3) is 0.923. The van der Waals surface area contributed by atoms with E-state index < -0.39 is 0 Å². The zero-order chi connectivity index (χ0) is 10.5. The minimum absolute atomic E-state index is 0.459. The van der Waals surface area contributed by atoms with Crippen LogP contribution in [0.3, 0.4) is 0 Å². The van der Waals surface area contributed by atoms with Crippen molar-refractivity contribution in [3.05, 3.63) is 0 Å². The van der Waals surface area contributed by atoms with E-state index >= 15 is 0 Å². The summed E-state index contributed by atoms with van der Waals surface area (Å²) in [5.74, 6) is 2.36. The van der Waals surface area contributed by atoms with E-state index in [1.165, 1.54) is 25.7 Å². The molecule has 1 saturated heterocycles. The Kier molecular flexibility index (Phi) is 2.17. The third kappa shape index (κ3) is 1.63. The maximum atomic E-state index is 11.3. The average molecular weight is 207 g/mol. The van der Waals surface area contributed by atoms with Crippen molar-refractivity contribution >= 4 is 5.78 Å². The molecule has 0 aromatic heterocycles. The fourth-order valence-corrected chi connectivity index (χ4v) is 3.42. The van der Waals surface area contributed by atoms with Crippen molar-refractivity contribution in [2.75, 3.05) is 13.1 Å². The SMILES string of the molecule is CC(C1CC1)(C1CC1)N1CCC(=O)CC1. The van der Waals surface area contributed by atoms with E-state index in [4.69, 9.17) is 0 Å². The summed E-state index contributed by atoms with van der Waals surface area (Å²) < 4.78 is 0. The van der Waals surface area contributed by atoms with Crippen LogP contribution in [0.25, 0.3) is 0 Å². The first kappa shape index (κ1) is 9.83. The molecule has 3 rings (SSSR count). The van der Waals surface area contributed by atoms with Crippen LogP contribution in [0.1, 0.15) is 45.4 Å². The zero-order valence-electron chi connectivity index (χ0n) is 9.67. The van der Waals surface area contributed by atoms with E-state index in [9.17, 15) is 4.79 Å². The Hall–Kier alpha value is -0.370. The molecular weight excluding hydrogens is 186 g/mol. The molecule has 0 N–H and O–H groups in total. The molecule has 0 radical (unpaired) electrons. The van der Waals surface area contributed by atoms with Crippen molar-refractivity contribution < 1.29 is 4.79 Å². The van der Waals surface area contributed by atoms with Crippen LogP contribution in [-0.4, -0.2) is 29.3 Å². The van der Waals surface area contributed by atoms with Crippen molar-refractivity contribution in [2.24, 2.45) is 11.8 Å². The third-order valence-corrected chi connectivity index (χ3v) is 4.81. The van der Waals surface area contributed by atoms with Crippen LogP contribution in [-0.2, 0) is 4.79 Å². The van der Waals surface area contributed by atoms with Crippen molar-refractivity contribution in [2.45, 2.75) is 51.0 Å². The zero-order valence-corrected chi connectivity index (χ0v) is 9.67. The van der Waals surface area contributed by atoms with Gasteiger partial charge in [0.15, 0.2) is 0 Å². The van der Waals surface area contributed by atoms with Crippen molar-refractivity contribution in [3.63, 3.8) is 0 Å². The molecule has 1 aliphatic heterocycles. The topological polar surface area (TPSA) is 20.3 Å². The molecular formula is C13H21NO.